The van der Waals surface area contributed by atoms with Crippen molar-refractivity contribution in [1.82, 2.24) is 9.88 Å². The van der Waals surface area contributed by atoms with Gasteiger partial charge in [0.15, 0.2) is 5.13 Å². The lowest BCUT2D eigenvalue weighted by atomic mass is 10.0. The van der Waals surface area contributed by atoms with Gasteiger partial charge in [-0.25, -0.2) is 4.98 Å². The number of benzene rings is 2. The van der Waals surface area contributed by atoms with Crippen molar-refractivity contribution in [2.75, 3.05) is 11.9 Å². The quantitative estimate of drug-likeness (QED) is 0.407. The predicted octanol–water partition coefficient (Wildman–Crippen LogP) is 3.09. The Labute approximate surface area is 194 Å². The highest BCUT2D eigenvalue weighted by Crippen LogP contribution is 2.27. The second-order valence-corrected chi connectivity index (χ2v) is 8.20. The Hall–Kier alpha value is -3.85. The van der Waals surface area contributed by atoms with Crippen LogP contribution in [-0.4, -0.2) is 46.2 Å². The predicted molar refractivity (Wildman–Crippen MR) is 122 cm³/mol. The number of hydrogen-bond donors (Lipinski definition) is 1. The Morgan fingerprint density at radius 3 is 2.30 bits per heavy atom. The van der Waals surface area contributed by atoms with Crippen LogP contribution in [0, 0.1) is 0 Å². The maximum absolute atomic E-state index is 13.3. The third kappa shape index (κ3) is 4.83. The number of carbonyl (C=O) groups excluding carboxylic acids is 4. The number of rotatable bonds is 8. The van der Waals surface area contributed by atoms with Crippen LogP contribution in [0.15, 0.2) is 60.0 Å². The number of carbonyl (C=O) groups is 4. The van der Waals surface area contributed by atoms with Gasteiger partial charge in [0.1, 0.15) is 6.04 Å². The fourth-order valence-corrected chi connectivity index (χ4v) is 4.34. The number of amides is 3. The first-order chi connectivity index (χ1) is 16.0. The van der Waals surface area contributed by atoms with Crippen molar-refractivity contribution in [3.8, 4) is 0 Å². The number of hydrogen-bond acceptors (Lipinski definition) is 7. The molecule has 0 spiro atoms. The molecule has 1 N–H and O–H groups in total. The van der Waals surface area contributed by atoms with Gasteiger partial charge in [0.2, 0.25) is 5.91 Å². The average Bonchev–Trinajstić information content (AvgIpc) is 3.35. The smallest absolute Gasteiger partial charge is 0.311 e. The lowest BCUT2D eigenvalue weighted by molar-refractivity contribution is -0.142. The zero-order valence-corrected chi connectivity index (χ0v) is 18.6. The first-order valence-electron chi connectivity index (χ1n) is 10.4. The fourth-order valence-electron chi connectivity index (χ4n) is 3.62. The van der Waals surface area contributed by atoms with Crippen LogP contribution >= 0.6 is 11.3 Å². The van der Waals surface area contributed by atoms with E-state index in [4.69, 9.17) is 4.74 Å². The van der Waals surface area contributed by atoms with E-state index >= 15 is 0 Å². The minimum atomic E-state index is -1.07. The summed E-state index contributed by atoms with van der Waals surface area (Å²) in [5, 5.41) is 4.63. The van der Waals surface area contributed by atoms with Crippen LogP contribution in [0.25, 0.3) is 0 Å². The van der Waals surface area contributed by atoms with Crippen LogP contribution in [0.2, 0.25) is 0 Å². The lowest BCUT2D eigenvalue weighted by Crippen LogP contribution is -2.48. The summed E-state index contributed by atoms with van der Waals surface area (Å²) >= 11 is 1.15. The summed E-state index contributed by atoms with van der Waals surface area (Å²) in [7, 11) is 0. The van der Waals surface area contributed by atoms with Gasteiger partial charge in [-0.3, -0.25) is 24.1 Å². The fraction of sp³-hybridized carbons (Fsp3) is 0.208. The topological polar surface area (TPSA) is 106 Å². The summed E-state index contributed by atoms with van der Waals surface area (Å²) in [6, 6.07) is 14.6. The van der Waals surface area contributed by atoms with E-state index in [0.717, 1.165) is 21.8 Å². The summed E-state index contributed by atoms with van der Waals surface area (Å²) < 4.78 is 4.92. The minimum absolute atomic E-state index is 0.00788. The van der Waals surface area contributed by atoms with E-state index in [0.29, 0.717) is 5.69 Å². The number of ether oxygens (including phenoxy) is 1. The van der Waals surface area contributed by atoms with Crippen LogP contribution in [0.3, 0.4) is 0 Å². The van der Waals surface area contributed by atoms with Crippen molar-refractivity contribution in [1.29, 1.82) is 0 Å². The maximum atomic E-state index is 13.3. The van der Waals surface area contributed by atoms with Crippen molar-refractivity contribution in [3.63, 3.8) is 0 Å². The highest BCUT2D eigenvalue weighted by Gasteiger charge is 2.42. The Kier molecular flexibility index (Phi) is 6.60. The normalized spacial score (nSPS) is 13.5. The molecule has 3 amide bonds. The molecule has 9 heteroatoms. The zero-order chi connectivity index (χ0) is 23.4. The second kappa shape index (κ2) is 9.74. The number of aromatic nitrogens is 1. The first kappa shape index (κ1) is 22.3. The van der Waals surface area contributed by atoms with Crippen LogP contribution in [0.1, 0.15) is 38.9 Å². The maximum Gasteiger partial charge on any atom is 0.311 e. The molecule has 1 unspecified atom stereocenters. The molecule has 8 nitrogen and oxygen atoms in total. The third-order valence-corrected chi connectivity index (χ3v) is 5.93. The van der Waals surface area contributed by atoms with E-state index in [1.54, 1.807) is 36.6 Å². The Morgan fingerprint density at radius 2 is 1.67 bits per heavy atom. The molecule has 0 radical (unpaired) electrons. The molecule has 168 valence electrons. The standard InChI is InChI=1S/C24H21N3O5S/c1-2-32-20(28)13-16-14-33-24(25-16)26-21(29)19(12-15-8-4-3-5-9-15)27-22(30)17-10-6-7-11-18(17)23(27)31/h3-11,14,19H,2,12-13H2,1H3,(H,25,26,29). The minimum Gasteiger partial charge on any atom is -0.466 e. The molecule has 0 saturated carbocycles. The van der Waals surface area contributed by atoms with Gasteiger partial charge >= 0.3 is 5.97 Å². The van der Waals surface area contributed by atoms with Gasteiger partial charge in [-0.05, 0) is 24.6 Å². The molecule has 0 fully saturated rings. The van der Waals surface area contributed by atoms with Crippen molar-refractivity contribution < 1.29 is 23.9 Å². The Bertz CT molecular complexity index is 1170. The summed E-state index contributed by atoms with van der Waals surface area (Å²) in [5.41, 5.74) is 1.82. The van der Waals surface area contributed by atoms with Gasteiger partial charge in [0, 0.05) is 11.8 Å². The average molecular weight is 464 g/mol. The zero-order valence-electron chi connectivity index (χ0n) is 17.8. The number of imide groups is 1. The number of anilines is 1. The molecule has 1 aliphatic rings. The van der Waals surface area contributed by atoms with E-state index < -0.39 is 29.7 Å². The van der Waals surface area contributed by atoms with Gasteiger partial charge < -0.3 is 10.1 Å². The van der Waals surface area contributed by atoms with E-state index in [1.807, 2.05) is 30.3 Å². The van der Waals surface area contributed by atoms with Crippen molar-refractivity contribution in [2.24, 2.45) is 0 Å². The Morgan fingerprint density at radius 1 is 1.03 bits per heavy atom. The van der Waals surface area contributed by atoms with Gasteiger partial charge in [-0.2, -0.15) is 0 Å². The summed E-state index contributed by atoms with van der Waals surface area (Å²) in [5.74, 6) is -1.96. The van der Waals surface area contributed by atoms with E-state index in [2.05, 4.69) is 10.3 Å². The number of thiazole rings is 1. The highest BCUT2D eigenvalue weighted by molar-refractivity contribution is 7.13. The SMILES string of the molecule is CCOC(=O)Cc1csc(NC(=O)C(Cc2ccccc2)N2C(=O)c3ccccc3C2=O)n1. The lowest BCUT2D eigenvalue weighted by Gasteiger charge is -2.25. The monoisotopic (exact) mass is 463 g/mol. The van der Waals surface area contributed by atoms with E-state index in [9.17, 15) is 19.2 Å². The molecule has 1 aliphatic heterocycles. The summed E-state index contributed by atoms with van der Waals surface area (Å²) in [6.45, 7) is 1.99. The molecule has 2 heterocycles. The molecule has 3 aromatic rings. The van der Waals surface area contributed by atoms with Gasteiger partial charge in [0.25, 0.3) is 11.8 Å². The van der Waals surface area contributed by atoms with Crippen molar-refractivity contribution >= 4 is 40.2 Å². The first-order valence-corrected chi connectivity index (χ1v) is 11.3. The molecule has 1 aromatic heterocycles. The van der Waals surface area contributed by atoms with Crippen LogP contribution in [0.4, 0.5) is 5.13 Å². The number of fused-ring (bicyclic) bond motifs is 1. The number of nitrogens with one attached hydrogen (secondary N) is 1. The van der Waals surface area contributed by atoms with Crippen molar-refractivity contribution in [2.45, 2.75) is 25.8 Å². The second-order valence-electron chi connectivity index (χ2n) is 7.35. The molecule has 2 aromatic carbocycles. The molecule has 0 bridgehead atoms. The van der Waals surface area contributed by atoms with Gasteiger partial charge in [-0.1, -0.05) is 42.5 Å². The third-order valence-electron chi connectivity index (χ3n) is 5.12. The molecule has 0 saturated heterocycles. The van der Waals surface area contributed by atoms with Gasteiger partial charge in [-0.15, -0.1) is 11.3 Å². The molecule has 4 rings (SSSR count). The Balaban J connectivity index is 1.57. The molecule has 0 aliphatic carbocycles. The summed E-state index contributed by atoms with van der Waals surface area (Å²) in [6.07, 6.45) is 0.144. The molecule has 1 atom stereocenters. The highest BCUT2D eigenvalue weighted by atomic mass is 32.1. The van der Waals surface area contributed by atoms with Crippen LogP contribution in [0.5, 0.6) is 0 Å². The van der Waals surface area contributed by atoms with Crippen molar-refractivity contribution in [3.05, 3.63) is 82.4 Å². The van der Waals surface area contributed by atoms with Gasteiger partial charge in [0.05, 0.1) is 29.8 Å². The number of nitrogens with zero attached hydrogens (tertiary/aromatic N) is 2. The molecule has 33 heavy (non-hydrogen) atoms. The van der Waals surface area contributed by atoms with E-state index in [1.165, 1.54) is 0 Å². The van der Waals surface area contributed by atoms with Crippen LogP contribution in [-0.2, 0) is 27.2 Å². The summed E-state index contributed by atoms with van der Waals surface area (Å²) in [4.78, 5) is 56.3. The molecular weight excluding hydrogens is 442 g/mol. The number of esters is 1. The molecular formula is C24H21N3O5S. The van der Waals surface area contributed by atoms with E-state index in [-0.39, 0.29) is 35.7 Å². The van der Waals surface area contributed by atoms with Crippen LogP contribution < -0.4 is 5.32 Å². The largest absolute Gasteiger partial charge is 0.466 e.